The Morgan fingerprint density at radius 1 is 1.10 bits per heavy atom. The standard InChI is InChI=1S/C24H28Cl2N8O5/c1-6-19(35)29-14-12-34(8-7-9-37-3)32-23(14)30-17-11-18(28-13-27-17)33(2)24(36)31-22-20(25)15(38-4)10-16(39-5)21(22)26/h6,10-13H,1,7-9H2,2-5H3,(H,29,35)(H,31,36)(H,27,28,30,32). The number of carbonyl (C=O) groups is 2. The van der Waals surface area contributed by atoms with E-state index in [4.69, 9.17) is 37.4 Å². The van der Waals surface area contributed by atoms with E-state index in [1.807, 2.05) is 0 Å². The number of carbonyl (C=O) groups excluding carboxylic acids is 2. The number of urea groups is 1. The molecule has 0 atom stereocenters. The number of aromatic nitrogens is 4. The third-order valence-electron chi connectivity index (χ3n) is 5.29. The minimum Gasteiger partial charge on any atom is -0.495 e. The molecule has 0 aliphatic carbocycles. The molecule has 0 saturated heterocycles. The summed E-state index contributed by atoms with van der Waals surface area (Å²) in [4.78, 5) is 34.6. The van der Waals surface area contributed by atoms with E-state index in [1.165, 1.54) is 44.6 Å². The lowest BCUT2D eigenvalue weighted by atomic mass is 10.2. The van der Waals surface area contributed by atoms with Crippen LogP contribution in [0.3, 0.4) is 0 Å². The van der Waals surface area contributed by atoms with E-state index in [1.54, 1.807) is 18.0 Å². The highest BCUT2D eigenvalue weighted by molar-refractivity contribution is 6.41. The number of nitrogens with one attached hydrogen (secondary N) is 3. The lowest BCUT2D eigenvalue weighted by Gasteiger charge is -2.20. The number of ether oxygens (including phenoxy) is 3. The van der Waals surface area contributed by atoms with Crippen LogP contribution in [0.2, 0.25) is 10.0 Å². The Labute approximate surface area is 235 Å². The Kier molecular flexibility index (Phi) is 10.3. The maximum atomic E-state index is 13.1. The second-order valence-corrected chi connectivity index (χ2v) is 8.61. The first-order valence-electron chi connectivity index (χ1n) is 11.5. The van der Waals surface area contributed by atoms with E-state index in [-0.39, 0.29) is 33.0 Å². The monoisotopic (exact) mass is 578 g/mol. The summed E-state index contributed by atoms with van der Waals surface area (Å²) >= 11 is 12.7. The molecule has 3 rings (SSSR count). The minimum absolute atomic E-state index is 0.102. The van der Waals surface area contributed by atoms with Crippen LogP contribution in [0, 0.1) is 0 Å². The Bertz CT molecular complexity index is 1320. The molecule has 3 aromatic rings. The molecule has 0 fully saturated rings. The lowest BCUT2D eigenvalue weighted by Crippen LogP contribution is -2.32. The molecule has 0 saturated carbocycles. The molecule has 0 spiro atoms. The maximum absolute atomic E-state index is 13.1. The van der Waals surface area contributed by atoms with Crippen LogP contribution in [-0.2, 0) is 16.1 Å². The van der Waals surface area contributed by atoms with Gasteiger partial charge in [0.2, 0.25) is 5.91 Å². The summed E-state index contributed by atoms with van der Waals surface area (Å²) < 4.78 is 17.2. The summed E-state index contributed by atoms with van der Waals surface area (Å²) in [5.41, 5.74) is 0.528. The predicted octanol–water partition coefficient (Wildman–Crippen LogP) is 4.57. The van der Waals surface area contributed by atoms with Crippen molar-refractivity contribution < 1.29 is 23.8 Å². The fourth-order valence-electron chi connectivity index (χ4n) is 3.28. The summed E-state index contributed by atoms with van der Waals surface area (Å²) in [5.74, 6) is 1.02. The highest BCUT2D eigenvalue weighted by Crippen LogP contribution is 2.44. The number of amides is 3. The van der Waals surface area contributed by atoms with Gasteiger partial charge in [-0.05, 0) is 12.5 Å². The Morgan fingerprint density at radius 2 is 1.79 bits per heavy atom. The molecule has 3 amide bonds. The van der Waals surface area contributed by atoms with Gasteiger partial charge in [0.05, 0.1) is 26.1 Å². The van der Waals surface area contributed by atoms with Gasteiger partial charge in [0, 0.05) is 39.4 Å². The van der Waals surface area contributed by atoms with E-state index in [0.29, 0.717) is 30.5 Å². The Hall–Kier alpha value is -4.07. The molecule has 0 aliphatic heterocycles. The van der Waals surface area contributed by atoms with Gasteiger partial charge in [-0.15, -0.1) is 0 Å². The van der Waals surface area contributed by atoms with Gasteiger partial charge < -0.3 is 30.2 Å². The molecule has 2 aromatic heterocycles. The van der Waals surface area contributed by atoms with Gasteiger partial charge in [0.1, 0.15) is 45.2 Å². The summed E-state index contributed by atoms with van der Waals surface area (Å²) in [6.45, 7) is 4.59. The molecule has 0 unspecified atom stereocenters. The second-order valence-electron chi connectivity index (χ2n) is 7.85. The molecule has 3 N–H and O–H groups in total. The quantitative estimate of drug-likeness (QED) is 0.208. The van der Waals surface area contributed by atoms with Crippen LogP contribution in [-0.4, -0.2) is 66.7 Å². The zero-order valence-corrected chi connectivity index (χ0v) is 23.3. The SMILES string of the molecule is C=CC(=O)Nc1cn(CCCOC)nc1Nc1cc(N(C)C(=O)Nc2c(Cl)c(OC)cc(OC)c2Cl)ncn1. The molecule has 39 heavy (non-hydrogen) atoms. The number of hydrogen-bond acceptors (Lipinski definition) is 9. The van der Waals surface area contributed by atoms with Gasteiger partial charge in [-0.1, -0.05) is 29.8 Å². The average molecular weight is 579 g/mol. The molecule has 1 aromatic carbocycles. The van der Waals surface area contributed by atoms with Crippen LogP contribution in [0.5, 0.6) is 11.5 Å². The van der Waals surface area contributed by atoms with E-state index in [0.717, 1.165) is 12.5 Å². The van der Waals surface area contributed by atoms with Crippen LogP contribution in [0.15, 0.2) is 37.3 Å². The highest BCUT2D eigenvalue weighted by Gasteiger charge is 2.22. The zero-order chi connectivity index (χ0) is 28.5. The van der Waals surface area contributed by atoms with Crippen molar-refractivity contribution in [3.8, 4) is 11.5 Å². The normalized spacial score (nSPS) is 10.5. The minimum atomic E-state index is -0.597. The van der Waals surface area contributed by atoms with Crippen molar-refractivity contribution in [1.82, 2.24) is 19.7 Å². The molecule has 2 heterocycles. The van der Waals surface area contributed by atoms with Crippen molar-refractivity contribution in [2.45, 2.75) is 13.0 Å². The van der Waals surface area contributed by atoms with Crippen molar-refractivity contribution in [1.29, 1.82) is 0 Å². The largest absolute Gasteiger partial charge is 0.495 e. The average Bonchev–Trinajstić information content (AvgIpc) is 3.31. The molecular weight excluding hydrogens is 551 g/mol. The van der Waals surface area contributed by atoms with Crippen LogP contribution < -0.4 is 30.3 Å². The molecule has 0 bridgehead atoms. The zero-order valence-electron chi connectivity index (χ0n) is 21.7. The van der Waals surface area contributed by atoms with Gasteiger partial charge in [-0.2, -0.15) is 5.10 Å². The molecular formula is C24H28Cl2N8O5. The number of hydrogen-bond donors (Lipinski definition) is 3. The van der Waals surface area contributed by atoms with Crippen molar-refractivity contribution in [3.63, 3.8) is 0 Å². The van der Waals surface area contributed by atoms with Gasteiger partial charge in [0.15, 0.2) is 5.82 Å². The van der Waals surface area contributed by atoms with Crippen molar-refractivity contribution in [3.05, 3.63) is 47.4 Å². The molecule has 0 radical (unpaired) electrons. The second kappa shape index (κ2) is 13.6. The fourth-order valence-corrected chi connectivity index (χ4v) is 3.88. The van der Waals surface area contributed by atoms with Crippen LogP contribution >= 0.6 is 23.2 Å². The number of rotatable bonds is 12. The highest BCUT2D eigenvalue weighted by atomic mass is 35.5. The maximum Gasteiger partial charge on any atom is 0.327 e. The third-order valence-corrected chi connectivity index (χ3v) is 6.04. The van der Waals surface area contributed by atoms with Crippen molar-refractivity contribution >= 4 is 64.0 Å². The number of aryl methyl sites for hydroxylation is 1. The molecule has 13 nitrogen and oxygen atoms in total. The summed E-state index contributed by atoms with van der Waals surface area (Å²) in [5, 5.41) is 13.1. The van der Waals surface area contributed by atoms with Gasteiger partial charge in [0.25, 0.3) is 0 Å². The Balaban J connectivity index is 1.83. The van der Waals surface area contributed by atoms with E-state index >= 15 is 0 Å². The first kappa shape index (κ1) is 29.5. The van der Waals surface area contributed by atoms with Crippen LogP contribution in [0.4, 0.5) is 33.6 Å². The topological polar surface area (TPSA) is 145 Å². The smallest absolute Gasteiger partial charge is 0.327 e. The Morgan fingerprint density at radius 3 is 2.41 bits per heavy atom. The molecule has 208 valence electrons. The molecule has 15 heteroatoms. The number of methoxy groups -OCH3 is 3. The van der Waals surface area contributed by atoms with Crippen molar-refractivity contribution in [2.24, 2.45) is 0 Å². The third kappa shape index (κ3) is 7.28. The number of anilines is 5. The fraction of sp³-hybridized carbons (Fsp3) is 0.292. The van der Waals surface area contributed by atoms with E-state index in [9.17, 15) is 9.59 Å². The van der Waals surface area contributed by atoms with Crippen molar-refractivity contribution in [2.75, 3.05) is 55.8 Å². The number of nitrogens with zero attached hydrogens (tertiary/aromatic N) is 5. The summed E-state index contributed by atoms with van der Waals surface area (Å²) in [6.07, 6.45) is 4.82. The summed E-state index contributed by atoms with van der Waals surface area (Å²) in [7, 11) is 5.98. The first-order chi connectivity index (χ1) is 18.7. The van der Waals surface area contributed by atoms with Gasteiger partial charge in [-0.25, -0.2) is 14.8 Å². The number of benzene rings is 1. The van der Waals surface area contributed by atoms with Gasteiger partial charge >= 0.3 is 6.03 Å². The summed E-state index contributed by atoms with van der Waals surface area (Å²) in [6, 6.07) is 2.44. The first-order valence-corrected chi connectivity index (χ1v) is 12.2. The predicted molar refractivity (Wildman–Crippen MR) is 150 cm³/mol. The van der Waals surface area contributed by atoms with Gasteiger partial charge in [-0.3, -0.25) is 14.4 Å². The molecule has 0 aliphatic rings. The van der Waals surface area contributed by atoms with Crippen LogP contribution in [0.25, 0.3) is 0 Å². The van der Waals surface area contributed by atoms with E-state index in [2.05, 4.69) is 37.6 Å². The number of halogens is 2. The van der Waals surface area contributed by atoms with Crippen LogP contribution in [0.1, 0.15) is 6.42 Å². The lowest BCUT2D eigenvalue weighted by molar-refractivity contribution is -0.111. The van der Waals surface area contributed by atoms with E-state index < -0.39 is 11.9 Å².